The van der Waals surface area contributed by atoms with Crippen LogP contribution < -0.4 is 10.6 Å². The Morgan fingerprint density at radius 1 is 1.18 bits per heavy atom. The smallest absolute Gasteiger partial charge is 0.405 e. The van der Waals surface area contributed by atoms with Crippen molar-refractivity contribution in [1.29, 1.82) is 0 Å². The molecule has 3 aromatic heterocycles. The molecule has 8 nitrogen and oxygen atoms in total. The van der Waals surface area contributed by atoms with Gasteiger partial charge < -0.3 is 15.1 Å². The van der Waals surface area contributed by atoms with Gasteiger partial charge in [-0.3, -0.25) is 9.48 Å². The van der Waals surface area contributed by atoms with Gasteiger partial charge in [-0.1, -0.05) is 23.8 Å². The van der Waals surface area contributed by atoms with Crippen molar-refractivity contribution in [3.05, 3.63) is 66.3 Å². The number of alkyl halides is 3. The van der Waals surface area contributed by atoms with Crippen molar-refractivity contribution in [1.82, 2.24) is 19.7 Å². The Balaban J connectivity index is 1.52. The molecule has 33 heavy (non-hydrogen) atoms. The number of hydrogen-bond donors (Lipinski definition) is 2. The van der Waals surface area contributed by atoms with Gasteiger partial charge in [-0.05, 0) is 25.1 Å². The van der Waals surface area contributed by atoms with E-state index in [1.54, 1.807) is 17.9 Å². The first-order valence-corrected chi connectivity index (χ1v) is 9.82. The summed E-state index contributed by atoms with van der Waals surface area (Å²) in [7, 11) is 1.75. The fourth-order valence-electron chi connectivity index (χ4n) is 3.13. The molecule has 0 spiro atoms. The number of rotatable bonds is 6. The lowest BCUT2D eigenvalue weighted by Gasteiger charge is -2.08. The molecule has 11 heteroatoms. The third-order valence-electron chi connectivity index (χ3n) is 4.58. The van der Waals surface area contributed by atoms with Gasteiger partial charge in [0, 0.05) is 30.6 Å². The van der Waals surface area contributed by atoms with Crippen molar-refractivity contribution in [3.63, 3.8) is 0 Å². The summed E-state index contributed by atoms with van der Waals surface area (Å²) < 4.78 is 44.2. The van der Waals surface area contributed by atoms with Crippen LogP contribution in [0.15, 0.2) is 59.5 Å². The molecule has 0 unspecified atom stereocenters. The van der Waals surface area contributed by atoms with Gasteiger partial charge >= 0.3 is 6.18 Å². The highest BCUT2D eigenvalue weighted by Gasteiger charge is 2.27. The van der Waals surface area contributed by atoms with Gasteiger partial charge in [0.1, 0.15) is 24.3 Å². The molecule has 0 fully saturated rings. The van der Waals surface area contributed by atoms with E-state index in [4.69, 9.17) is 4.42 Å². The zero-order valence-electron chi connectivity index (χ0n) is 17.6. The average Bonchev–Trinajstić information content (AvgIpc) is 3.39. The Morgan fingerprint density at radius 2 is 2.00 bits per heavy atom. The third kappa shape index (κ3) is 5.37. The fourth-order valence-corrected chi connectivity index (χ4v) is 3.13. The van der Waals surface area contributed by atoms with Crippen LogP contribution >= 0.6 is 0 Å². The second kappa shape index (κ2) is 8.77. The number of nitrogens with zero attached hydrogens (tertiary/aromatic N) is 4. The largest absolute Gasteiger partial charge is 0.444 e. The van der Waals surface area contributed by atoms with Gasteiger partial charge in [0.25, 0.3) is 5.91 Å². The number of halogens is 3. The van der Waals surface area contributed by atoms with Crippen molar-refractivity contribution >= 4 is 17.4 Å². The number of anilines is 2. The number of nitrogens with one attached hydrogen (secondary N) is 2. The molecular formula is C22H19F3N6O2. The maximum absolute atomic E-state index is 12.8. The van der Waals surface area contributed by atoms with Gasteiger partial charge in [0.2, 0.25) is 5.89 Å². The van der Waals surface area contributed by atoms with E-state index in [0.717, 1.165) is 11.1 Å². The number of amides is 1. The third-order valence-corrected chi connectivity index (χ3v) is 4.58. The normalized spacial score (nSPS) is 11.4. The summed E-state index contributed by atoms with van der Waals surface area (Å²) in [5.74, 6) is -0.439. The summed E-state index contributed by atoms with van der Waals surface area (Å²) >= 11 is 0. The predicted octanol–water partition coefficient (Wildman–Crippen LogP) is 4.67. The quantitative estimate of drug-likeness (QED) is 0.438. The highest BCUT2D eigenvalue weighted by atomic mass is 19.4. The molecule has 2 N–H and O–H groups in total. The van der Waals surface area contributed by atoms with Crippen LogP contribution in [0.3, 0.4) is 0 Å². The van der Waals surface area contributed by atoms with Crippen LogP contribution in [0.1, 0.15) is 16.1 Å². The Morgan fingerprint density at radius 3 is 2.76 bits per heavy atom. The number of oxazole rings is 1. The summed E-state index contributed by atoms with van der Waals surface area (Å²) in [6.07, 6.45) is -0.203. The number of benzene rings is 1. The van der Waals surface area contributed by atoms with Crippen LogP contribution in [0.25, 0.3) is 22.7 Å². The second-order valence-corrected chi connectivity index (χ2v) is 7.33. The Hall–Kier alpha value is -4.15. The SMILES string of the molecule is Cc1cccc(-c2nn(C)cc2NC(=O)c2coc(-c3ccnc(NCC(F)(F)F)c3)n2)c1. The number of aromatic nitrogens is 4. The molecule has 3 heterocycles. The van der Waals surface area contributed by atoms with E-state index < -0.39 is 18.6 Å². The standard InChI is InChI=1S/C22H19F3N6O2/c1-13-4-3-5-14(8-13)19-16(10-31(2)30-19)28-20(32)17-11-33-21(29-17)15-6-7-26-18(9-15)27-12-22(23,24)25/h3-11H,12H2,1-2H3,(H,26,27)(H,28,32). The van der Waals surface area contributed by atoms with Crippen molar-refractivity contribution in [2.75, 3.05) is 17.2 Å². The molecular weight excluding hydrogens is 437 g/mol. The van der Waals surface area contributed by atoms with Crippen LogP contribution in [0.5, 0.6) is 0 Å². The van der Waals surface area contributed by atoms with Gasteiger partial charge in [-0.25, -0.2) is 9.97 Å². The topological polar surface area (TPSA) is 97.9 Å². The highest BCUT2D eigenvalue weighted by molar-refractivity contribution is 6.04. The number of aryl methyl sites for hydroxylation is 2. The second-order valence-electron chi connectivity index (χ2n) is 7.33. The minimum atomic E-state index is -4.38. The van der Waals surface area contributed by atoms with Crippen molar-refractivity contribution in [2.24, 2.45) is 7.05 Å². The molecule has 0 bridgehead atoms. The zero-order valence-corrected chi connectivity index (χ0v) is 17.6. The summed E-state index contributed by atoms with van der Waals surface area (Å²) in [6, 6.07) is 10.6. The molecule has 170 valence electrons. The monoisotopic (exact) mass is 456 g/mol. The van der Waals surface area contributed by atoms with E-state index >= 15 is 0 Å². The lowest BCUT2D eigenvalue weighted by Crippen LogP contribution is -2.21. The van der Waals surface area contributed by atoms with Crippen molar-refractivity contribution in [3.8, 4) is 22.7 Å². The zero-order chi connectivity index (χ0) is 23.6. The highest BCUT2D eigenvalue weighted by Crippen LogP contribution is 2.28. The lowest BCUT2D eigenvalue weighted by atomic mass is 10.1. The molecule has 1 aromatic carbocycles. The lowest BCUT2D eigenvalue weighted by molar-refractivity contribution is -0.115. The van der Waals surface area contributed by atoms with Crippen LogP contribution in [0, 0.1) is 6.92 Å². The van der Waals surface area contributed by atoms with E-state index in [1.165, 1.54) is 24.6 Å². The molecule has 0 atom stereocenters. The van der Waals surface area contributed by atoms with E-state index in [-0.39, 0.29) is 17.4 Å². The van der Waals surface area contributed by atoms with Gasteiger partial charge in [0.05, 0.1) is 5.69 Å². The molecule has 1 amide bonds. The van der Waals surface area contributed by atoms with Crippen LogP contribution in [-0.2, 0) is 7.05 Å². The summed E-state index contributed by atoms with van der Waals surface area (Å²) in [6.45, 7) is 0.738. The van der Waals surface area contributed by atoms with Crippen LogP contribution in [0.4, 0.5) is 24.7 Å². The summed E-state index contributed by atoms with van der Waals surface area (Å²) in [5, 5.41) is 9.41. The Kier molecular flexibility index (Phi) is 5.86. The van der Waals surface area contributed by atoms with Crippen molar-refractivity contribution in [2.45, 2.75) is 13.1 Å². The minimum Gasteiger partial charge on any atom is -0.444 e. The molecule has 0 saturated heterocycles. The predicted molar refractivity (Wildman–Crippen MR) is 116 cm³/mol. The molecule has 0 aliphatic rings. The molecule has 0 aliphatic carbocycles. The number of carbonyl (C=O) groups is 1. The number of pyridine rings is 1. The molecule has 4 rings (SSSR count). The van der Waals surface area contributed by atoms with Crippen LogP contribution in [-0.4, -0.2) is 38.4 Å². The van der Waals surface area contributed by atoms with E-state index in [2.05, 4.69) is 25.7 Å². The fraction of sp³-hybridized carbons (Fsp3) is 0.182. The maximum atomic E-state index is 12.8. The van der Waals surface area contributed by atoms with E-state index in [9.17, 15) is 18.0 Å². The Bertz CT molecular complexity index is 1300. The first kappa shape index (κ1) is 22.1. The van der Waals surface area contributed by atoms with Crippen LogP contribution in [0.2, 0.25) is 0 Å². The molecule has 0 aliphatic heterocycles. The molecule has 4 aromatic rings. The van der Waals surface area contributed by atoms with Gasteiger partial charge in [-0.2, -0.15) is 18.3 Å². The van der Waals surface area contributed by atoms with E-state index in [0.29, 0.717) is 16.9 Å². The Labute approximate surface area is 186 Å². The van der Waals surface area contributed by atoms with Gasteiger partial charge in [-0.15, -0.1) is 0 Å². The number of hydrogen-bond acceptors (Lipinski definition) is 6. The summed E-state index contributed by atoms with van der Waals surface area (Å²) in [4.78, 5) is 20.8. The molecule has 0 radical (unpaired) electrons. The van der Waals surface area contributed by atoms with Gasteiger partial charge in [0.15, 0.2) is 5.69 Å². The average molecular weight is 456 g/mol. The maximum Gasteiger partial charge on any atom is 0.405 e. The van der Waals surface area contributed by atoms with Crippen molar-refractivity contribution < 1.29 is 22.4 Å². The minimum absolute atomic E-state index is 0.00524. The first-order chi connectivity index (χ1) is 15.7. The molecule has 0 saturated carbocycles. The first-order valence-electron chi connectivity index (χ1n) is 9.82. The number of carbonyl (C=O) groups excluding carboxylic acids is 1. The van der Waals surface area contributed by atoms with E-state index in [1.807, 2.05) is 31.2 Å². The summed E-state index contributed by atoms with van der Waals surface area (Å²) in [5.41, 5.74) is 3.38.